The van der Waals surface area contributed by atoms with Gasteiger partial charge in [-0.3, -0.25) is 9.69 Å². The molecule has 0 spiro atoms. The molecule has 3 rings (SSSR count). The Hall–Kier alpha value is -2.51. The molecule has 1 aliphatic heterocycles. The highest BCUT2D eigenvalue weighted by molar-refractivity contribution is 8.26. The molecule has 2 aromatic carbocycles. The van der Waals surface area contributed by atoms with E-state index in [1.54, 1.807) is 20.2 Å². The van der Waals surface area contributed by atoms with Crippen LogP contribution in [0.1, 0.15) is 23.6 Å². The summed E-state index contributed by atoms with van der Waals surface area (Å²) in [5.41, 5.74) is 3.28. The Morgan fingerprint density at radius 3 is 2.53 bits per heavy atom. The van der Waals surface area contributed by atoms with Gasteiger partial charge in [0, 0.05) is 7.05 Å². The number of thiocarbonyl (C=S) groups is 1. The molecule has 0 aliphatic carbocycles. The Bertz CT molecular complexity index is 987. The second-order valence-electron chi connectivity index (χ2n) is 6.86. The minimum atomic E-state index is -0.0937. The highest BCUT2D eigenvalue weighted by Gasteiger charge is 2.28. The van der Waals surface area contributed by atoms with Crippen molar-refractivity contribution in [1.29, 1.82) is 0 Å². The summed E-state index contributed by atoms with van der Waals surface area (Å²) in [7, 11) is 3.27. The monoisotopic (exact) mass is 443 g/mol. The van der Waals surface area contributed by atoms with Gasteiger partial charge in [0.1, 0.15) is 23.3 Å². The molecule has 0 atom stereocenters. The average molecular weight is 444 g/mol. The summed E-state index contributed by atoms with van der Waals surface area (Å²) in [6, 6.07) is 11.8. The van der Waals surface area contributed by atoms with Crippen molar-refractivity contribution in [3.8, 4) is 17.2 Å². The number of hydrogen-bond acceptors (Lipinski definition) is 6. The topological polar surface area (TPSA) is 48.0 Å². The van der Waals surface area contributed by atoms with Gasteiger partial charge in [0.2, 0.25) is 0 Å². The average Bonchev–Trinajstić information content (AvgIpc) is 2.97. The van der Waals surface area contributed by atoms with E-state index < -0.39 is 0 Å². The van der Waals surface area contributed by atoms with Crippen LogP contribution >= 0.6 is 24.0 Å². The number of amides is 1. The number of rotatable bonds is 8. The summed E-state index contributed by atoms with van der Waals surface area (Å²) in [6.45, 7) is 5.00. The Morgan fingerprint density at radius 2 is 1.87 bits per heavy atom. The standard InChI is InChI=1S/C23H25NO4S2/c1-5-16-10-15(2)11-18(12-16)27-8-9-28-19-7-6-17(13-20(19)26-4)14-21-22(25)24(3)23(29)30-21/h6-7,10-14H,5,8-9H2,1-4H3/b21-14-. The quantitative estimate of drug-likeness (QED) is 0.330. The Balaban J connectivity index is 1.61. The van der Waals surface area contributed by atoms with Crippen LogP contribution in [0.4, 0.5) is 0 Å². The van der Waals surface area contributed by atoms with Crippen molar-refractivity contribution in [3.63, 3.8) is 0 Å². The third-order valence-electron chi connectivity index (χ3n) is 4.60. The Labute approximate surface area is 187 Å². The van der Waals surface area contributed by atoms with Gasteiger partial charge in [-0.2, -0.15) is 0 Å². The van der Waals surface area contributed by atoms with Crippen LogP contribution in [0, 0.1) is 6.92 Å². The molecule has 0 N–H and O–H groups in total. The molecule has 30 heavy (non-hydrogen) atoms. The Morgan fingerprint density at radius 1 is 1.10 bits per heavy atom. The normalized spacial score (nSPS) is 15.1. The van der Waals surface area contributed by atoms with Gasteiger partial charge in [0.25, 0.3) is 5.91 Å². The van der Waals surface area contributed by atoms with Gasteiger partial charge in [-0.25, -0.2) is 0 Å². The molecule has 7 heteroatoms. The van der Waals surface area contributed by atoms with E-state index in [2.05, 4.69) is 26.0 Å². The second-order valence-corrected chi connectivity index (χ2v) is 8.53. The van der Waals surface area contributed by atoms with Crippen LogP contribution in [0.3, 0.4) is 0 Å². The molecule has 1 saturated heterocycles. The van der Waals surface area contributed by atoms with Crippen LogP contribution in [-0.2, 0) is 11.2 Å². The third-order valence-corrected chi connectivity index (χ3v) is 6.09. The summed E-state index contributed by atoms with van der Waals surface area (Å²) < 4.78 is 17.7. The molecule has 5 nitrogen and oxygen atoms in total. The smallest absolute Gasteiger partial charge is 0.265 e. The van der Waals surface area contributed by atoms with Crippen LogP contribution in [0.2, 0.25) is 0 Å². The number of aryl methyl sites for hydroxylation is 2. The number of likely N-dealkylation sites (N-methyl/N-ethyl adjacent to an activating group) is 1. The third kappa shape index (κ3) is 5.34. The summed E-state index contributed by atoms with van der Waals surface area (Å²) in [5.74, 6) is 1.98. The second kappa shape index (κ2) is 10.00. The van der Waals surface area contributed by atoms with Gasteiger partial charge in [-0.05, 0) is 60.4 Å². The highest BCUT2D eigenvalue weighted by Crippen LogP contribution is 2.34. The SMILES string of the molecule is CCc1cc(C)cc(OCCOc2ccc(/C=C3\SC(=S)N(C)C3=O)cc2OC)c1. The molecule has 0 unspecified atom stereocenters. The number of carbonyl (C=O) groups excluding carboxylic acids is 1. The van der Waals surface area contributed by atoms with E-state index in [4.69, 9.17) is 26.4 Å². The number of ether oxygens (including phenoxy) is 3. The minimum Gasteiger partial charge on any atom is -0.493 e. The summed E-state index contributed by atoms with van der Waals surface area (Å²) in [4.78, 5) is 14.2. The first-order chi connectivity index (χ1) is 14.4. The summed E-state index contributed by atoms with van der Waals surface area (Å²) in [5, 5.41) is 0. The largest absolute Gasteiger partial charge is 0.493 e. The van der Waals surface area contributed by atoms with Gasteiger partial charge < -0.3 is 14.2 Å². The van der Waals surface area contributed by atoms with Crippen molar-refractivity contribution in [1.82, 2.24) is 4.90 Å². The van der Waals surface area contributed by atoms with Gasteiger partial charge in [-0.15, -0.1) is 0 Å². The number of benzene rings is 2. The number of nitrogens with zero attached hydrogens (tertiary/aromatic N) is 1. The number of methoxy groups -OCH3 is 1. The van der Waals surface area contributed by atoms with E-state index in [9.17, 15) is 4.79 Å². The van der Waals surface area contributed by atoms with Crippen molar-refractivity contribution < 1.29 is 19.0 Å². The van der Waals surface area contributed by atoms with E-state index in [0.29, 0.717) is 33.9 Å². The van der Waals surface area contributed by atoms with Crippen LogP contribution in [-0.4, -0.2) is 42.5 Å². The van der Waals surface area contributed by atoms with E-state index in [-0.39, 0.29) is 5.91 Å². The number of hydrogen-bond donors (Lipinski definition) is 0. The van der Waals surface area contributed by atoms with Gasteiger partial charge in [-0.1, -0.05) is 43.0 Å². The lowest BCUT2D eigenvalue weighted by Crippen LogP contribution is -2.22. The maximum atomic E-state index is 12.2. The summed E-state index contributed by atoms with van der Waals surface area (Å²) >= 11 is 6.46. The van der Waals surface area contributed by atoms with Gasteiger partial charge >= 0.3 is 0 Å². The molecule has 2 aromatic rings. The fraction of sp³-hybridized carbons (Fsp3) is 0.304. The van der Waals surface area contributed by atoms with Crippen LogP contribution in [0.5, 0.6) is 17.2 Å². The van der Waals surface area contributed by atoms with Crippen LogP contribution in [0.25, 0.3) is 6.08 Å². The maximum Gasteiger partial charge on any atom is 0.265 e. The van der Waals surface area contributed by atoms with Crippen molar-refractivity contribution in [2.75, 3.05) is 27.4 Å². The zero-order chi connectivity index (χ0) is 21.7. The molecule has 0 bridgehead atoms. The van der Waals surface area contributed by atoms with Crippen LogP contribution in [0.15, 0.2) is 41.3 Å². The first-order valence-electron chi connectivity index (χ1n) is 9.67. The molecule has 1 heterocycles. The molecule has 1 fully saturated rings. The lowest BCUT2D eigenvalue weighted by Gasteiger charge is -2.13. The predicted octanol–water partition coefficient (Wildman–Crippen LogP) is 4.85. The van der Waals surface area contributed by atoms with Gasteiger partial charge in [0.05, 0.1) is 12.0 Å². The molecular weight excluding hydrogens is 418 g/mol. The first kappa shape index (κ1) is 22.2. The molecule has 0 aromatic heterocycles. The fourth-order valence-corrected chi connectivity index (χ4v) is 4.19. The van der Waals surface area contributed by atoms with E-state index >= 15 is 0 Å². The molecule has 0 radical (unpaired) electrons. The maximum absolute atomic E-state index is 12.2. The molecular formula is C23H25NO4S2. The lowest BCUT2D eigenvalue weighted by atomic mass is 10.1. The van der Waals surface area contributed by atoms with E-state index in [1.807, 2.05) is 24.3 Å². The molecule has 158 valence electrons. The number of carbonyl (C=O) groups is 1. The molecule has 1 aliphatic rings. The van der Waals surface area contributed by atoms with Crippen molar-refractivity contribution in [2.24, 2.45) is 0 Å². The zero-order valence-corrected chi connectivity index (χ0v) is 19.2. The zero-order valence-electron chi connectivity index (χ0n) is 17.6. The fourth-order valence-electron chi connectivity index (χ4n) is 3.01. The lowest BCUT2D eigenvalue weighted by molar-refractivity contribution is -0.121. The predicted molar refractivity (Wildman–Crippen MR) is 125 cm³/mol. The number of thioether (sulfide) groups is 1. The first-order valence-corrected chi connectivity index (χ1v) is 10.9. The van der Waals surface area contributed by atoms with E-state index in [1.165, 1.54) is 27.8 Å². The van der Waals surface area contributed by atoms with Gasteiger partial charge in [0.15, 0.2) is 11.5 Å². The Kier molecular flexibility index (Phi) is 7.39. The summed E-state index contributed by atoms with van der Waals surface area (Å²) in [6.07, 6.45) is 2.78. The molecule has 0 saturated carbocycles. The van der Waals surface area contributed by atoms with Crippen molar-refractivity contribution >= 4 is 40.3 Å². The molecule has 1 amide bonds. The van der Waals surface area contributed by atoms with Crippen molar-refractivity contribution in [2.45, 2.75) is 20.3 Å². The van der Waals surface area contributed by atoms with E-state index in [0.717, 1.165) is 17.7 Å². The minimum absolute atomic E-state index is 0.0937. The van der Waals surface area contributed by atoms with Crippen molar-refractivity contribution in [3.05, 3.63) is 58.0 Å². The highest BCUT2D eigenvalue weighted by atomic mass is 32.2. The van der Waals surface area contributed by atoms with Crippen LogP contribution < -0.4 is 14.2 Å².